The standard InChI is InChI=1S/C13H26N2O2/c1-3-13(4-2,14(16)9-5-6-10-14)15(17)11-7-8-12-15/h3-12H2,1-2H3. The fourth-order valence-electron chi connectivity index (χ4n) is 4.26. The lowest BCUT2D eigenvalue weighted by Gasteiger charge is -2.63. The minimum Gasteiger partial charge on any atom is -0.628 e. The van der Waals surface area contributed by atoms with Gasteiger partial charge in [0.25, 0.3) is 0 Å². The Morgan fingerprint density at radius 1 is 0.765 bits per heavy atom. The van der Waals surface area contributed by atoms with Crippen LogP contribution in [0.15, 0.2) is 0 Å². The van der Waals surface area contributed by atoms with Gasteiger partial charge in [0.05, 0.1) is 39.0 Å². The summed E-state index contributed by atoms with van der Waals surface area (Å²) < 4.78 is -0.438. The monoisotopic (exact) mass is 242 g/mol. The Balaban J connectivity index is 2.37. The minimum atomic E-state index is -0.618. The van der Waals surface area contributed by atoms with Crippen molar-refractivity contribution in [1.82, 2.24) is 0 Å². The van der Waals surface area contributed by atoms with Gasteiger partial charge in [-0.05, 0) is 0 Å². The molecular weight excluding hydrogens is 216 g/mol. The summed E-state index contributed by atoms with van der Waals surface area (Å²) in [6, 6.07) is 0. The van der Waals surface area contributed by atoms with Gasteiger partial charge in [-0.15, -0.1) is 0 Å². The minimum absolute atomic E-state index is 0.219. The Hall–Kier alpha value is -0.160. The molecule has 2 aliphatic heterocycles. The maximum Gasteiger partial charge on any atom is 0.224 e. The van der Waals surface area contributed by atoms with Crippen molar-refractivity contribution < 1.29 is 9.29 Å². The molecule has 0 aromatic rings. The van der Waals surface area contributed by atoms with E-state index in [4.69, 9.17) is 0 Å². The molecule has 2 rings (SSSR count). The van der Waals surface area contributed by atoms with E-state index in [0.29, 0.717) is 26.2 Å². The summed E-state index contributed by atoms with van der Waals surface area (Å²) in [7, 11) is 0. The predicted molar refractivity (Wildman–Crippen MR) is 68.5 cm³/mol. The highest BCUT2D eigenvalue weighted by molar-refractivity contribution is 4.77. The molecule has 17 heavy (non-hydrogen) atoms. The Bertz CT molecular complexity index is 241. The lowest BCUT2D eigenvalue weighted by Crippen LogP contribution is -2.73. The molecule has 0 spiro atoms. The van der Waals surface area contributed by atoms with Crippen LogP contribution in [0.2, 0.25) is 0 Å². The van der Waals surface area contributed by atoms with E-state index in [1.807, 2.05) is 13.8 Å². The van der Waals surface area contributed by atoms with Crippen molar-refractivity contribution in [2.24, 2.45) is 0 Å². The molecule has 4 nitrogen and oxygen atoms in total. The molecule has 2 saturated heterocycles. The van der Waals surface area contributed by atoms with Crippen molar-refractivity contribution in [2.75, 3.05) is 26.2 Å². The van der Waals surface area contributed by atoms with Gasteiger partial charge in [0.2, 0.25) is 5.66 Å². The maximum atomic E-state index is 13.1. The molecule has 2 aliphatic rings. The van der Waals surface area contributed by atoms with E-state index in [0.717, 1.165) is 38.5 Å². The quantitative estimate of drug-likeness (QED) is 0.562. The second-order valence-electron chi connectivity index (χ2n) is 5.78. The Morgan fingerprint density at radius 3 is 1.29 bits per heavy atom. The normalized spacial score (nSPS) is 27.5. The molecule has 0 N–H and O–H groups in total. The van der Waals surface area contributed by atoms with Crippen LogP contribution in [0.25, 0.3) is 0 Å². The van der Waals surface area contributed by atoms with Crippen molar-refractivity contribution in [3.63, 3.8) is 0 Å². The SMILES string of the molecule is CCC(CC)([N+]1([O-])CCCC1)[N+]1([O-])CCCC1. The third-order valence-electron chi connectivity index (χ3n) is 5.23. The van der Waals surface area contributed by atoms with Gasteiger partial charge in [0.1, 0.15) is 0 Å². The van der Waals surface area contributed by atoms with Crippen LogP contribution in [0, 0.1) is 10.4 Å². The average molecular weight is 242 g/mol. The highest BCUT2D eigenvalue weighted by Gasteiger charge is 2.56. The van der Waals surface area contributed by atoms with Crippen molar-refractivity contribution >= 4 is 0 Å². The molecule has 2 heterocycles. The number of hydrogen-bond acceptors (Lipinski definition) is 2. The first-order valence-electron chi connectivity index (χ1n) is 7.20. The summed E-state index contributed by atoms with van der Waals surface area (Å²) in [5.41, 5.74) is -0.618. The van der Waals surface area contributed by atoms with Gasteiger partial charge in [-0.25, -0.2) is 0 Å². The molecule has 0 unspecified atom stereocenters. The van der Waals surface area contributed by atoms with Crippen LogP contribution >= 0.6 is 0 Å². The molecule has 2 fully saturated rings. The number of rotatable bonds is 4. The van der Waals surface area contributed by atoms with Gasteiger partial charge in [0.15, 0.2) is 0 Å². The molecule has 0 saturated carbocycles. The van der Waals surface area contributed by atoms with Gasteiger partial charge in [0, 0.05) is 25.7 Å². The number of quaternary nitrogens is 2. The van der Waals surface area contributed by atoms with Crippen LogP contribution in [-0.2, 0) is 0 Å². The zero-order chi connectivity index (χ0) is 12.6. The summed E-state index contributed by atoms with van der Waals surface area (Å²) in [4.78, 5) is 0. The first-order valence-corrected chi connectivity index (χ1v) is 7.20. The van der Waals surface area contributed by atoms with Gasteiger partial charge in [-0.1, -0.05) is 13.8 Å². The number of hydroxylamine groups is 6. The van der Waals surface area contributed by atoms with Gasteiger partial charge in [-0.3, -0.25) is 0 Å². The highest BCUT2D eigenvalue weighted by atomic mass is 16.6. The summed E-state index contributed by atoms with van der Waals surface area (Å²) in [6.45, 7) is 6.70. The van der Waals surface area contributed by atoms with Gasteiger partial charge < -0.3 is 19.7 Å². The molecule has 0 radical (unpaired) electrons. The van der Waals surface area contributed by atoms with Crippen molar-refractivity contribution in [3.8, 4) is 0 Å². The number of nitrogens with zero attached hydrogens (tertiary/aromatic N) is 2. The third-order valence-corrected chi connectivity index (χ3v) is 5.23. The van der Waals surface area contributed by atoms with Crippen LogP contribution in [0.4, 0.5) is 0 Å². The van der Waals surface area contributed by atoms with E-state index in [9.17, 15) is 10.4 Å². The predicted octanol–water partition coefficient (Wildman–Crippen LogP) is 2.72. The summed E-state index contributed by atoms with van der Waals surface area (Å²) in [6.07, 6.45) is 5.40. The molecular formula is C13H26N2O2. The van der Waals surface area contributed by atoms with Crippen LogP contribution < -0.4 is 0 Å². The molecule has 4 heteroatoms. The second-order valence-corrected chi connectivity index (χ2v) is 5.78. The third kappa shape index (κ3) is 1.73. The van der Waals surface area contributed by atoms with Crippen molar-refractivity contribution in [3.05, 3.63) is 10.4 Å². The molecule has 0 atom stereocenters. The maximum absolute atomic E-state index is 13.1. The molecule has 0 aliphatic carbocycles. The van der Waals surface area contributed by atoms with Crippen LogP contribution in [0.5, 0.6) is 0 Å². The topological polar surface area (TPSA) is 46.1 Å². The summed E-state index contributed by atoms with van der Waals surface area (Å²) in [5, 5.41) is 26.2. The zero-order valence-electron chi connectivity index (χ0n) is 11.3. The first-order chi connectivity index (χ1) is 8.04. The summed E-state index contributed by atoms with van der Waals surface area (Å²) in [5.74, 6) is 0. The Kier molecular flexibility index (Phi) is 3.51. The fourth-order valence-corrected chi connectivity index (χ4v) is 4.26. The molecule has 0 amide bonds. The van der Waals surface area contributed by atoms with Crippen LogP contribution in [-0.4, -0.2) is 41.1 Å². The fraction of sp³-hybridized carbons (Fsp3) is 1.00. The largest absolute Gasteiger partial charge is 0.628 e. The Morgan fingerprint density at radius 2 is 1.06 bits per heavy atom. The van der Waals surface area contributed by atoms with Gasteiger partial charge >= 0.3 is 0 Å². The lowest BCUT2D eigenvalue weighted by molar-refractivity contribution is -1.12. The van der Waals surface area contributed by atoms with E-state index < -0.39 is 5.66 Å². The van der Waals surface area contributed by atoms with E-state index in [1.165, 1.54) is 0 Å². The Labute approximate surface area is 105 Å². The first kappa shape index (κ1) is 13.3. The lowest BCUT2D eigenvalue weighted by atomic mass is 9.98. The average Bonchev–Trinajstić information content (AvgIpc) is 2.92. The molecule has 100 valence electrons. The smallest absolute Gasteiger partial charge is 0.224 e. The van der Waals surface area contributed by atoms with E-state index in [2.05, 4.69) is 0 Å². The molecule has 0 aromatic carbocycles. The van der Waals surface area contributed by atoms with E-state index in [-0.39, 0.29) is 9.29 Å². The molecule has 0 aromatic heterocycles. The van der Waals surface area contributed by atoms with E-state index in [1.54, 1.807) is 0 Å². The van der Waals surface area contributed by atoms with Crippen molar-refractivity contribution in [1.29, 1.82) is 0 Å². The van der Waals surface area contributed by atoms with Crippen LogP contribution in [0.3, 0.4) is 0 Å². The summed E-state index contributed by atoms with van der Waals surface area (Å²) >= 11 is 0. The second kappa shape index (κ2) is 4.50. The molecule has 0 bridgehead atoms. The van der Waals surface area contributed by atoms with Gasteiger partial charge in [-0.2, -0.15) is 0 Å². The number of hydrogen-bond donors (Lipinski definition) is 0. The van der Waals surface area contributed by atoms with Crippen LogP contribution in [0.1, 0.15) is 52.4 Å². The zero-order valence-corrected chi connectivity index (χ0v) is 11.3. The number of likely N-dealkylation sites (tertiary alicyclic amines) is 2. The van der Waals surface area contributed by atoms with E-state index >= 15 is 0 Å². The highest BCUT2D eigenvalue weighted by Crippen LogP contribution is 2.44. The van der Waals surface area contributed by atoms with Crippen molar-refractivity contribution in [2.45, 2.75) is 58.0 Å².